The zero-order valence-electron chi connectivity index (χ0n) is 15.5. The highest BCUT2D eigenvalue weighted by Gasteiger charge is 2.16. The van der Waals surface area contributed by atoms with E-state index in [1.807, 2.05) is 19.9 Å². The van der Waals surface area contributed by atoms with Crippen molar-refractivity contribution in [3.05, 3.63) is 64.3 Å². The molecule has 6 nitrogen and oxygen atoms in total. The van der Waals surface area contributed by atoms with Gasteiger partial charge in [-0.15, -0.1) is 0 Å². The van der Waals surface area contributed by atoms with E-state index in [2.05, 4.69) is 15.6 Å². The van der Waals surface area contributed by atoms with Crippen LogP contribution in [0.15, 0.2) is 42.6 Å². The molecule has 0 radical (unpaired) electrons. The fourth-order valence-electron chi connectivity index (χ4n) is 2.93. The van der Waals surface area contributed by atoms with Crippen molar-refractivity contribution in [2.45, 2.75) is 20.3 Å². The van der Waals surface area contributed by atoms with E-state index < -0.39 is 5.97 Å². The molecule has 7 heteroatoms. The van der Waals surface area contributed by atoms with Crippen molar-refractivity contribution in [2.24, 2.45) is 0 Å². The Hall–Kier alpha value is -3.12. The molecule has 0 unspecified atom stereocenters. The summed E-state index contributed by atoms with van der Waals surface area (Å²) in [6, 6.07) is 10.2. The number of fused-ring (bicyclic) bond motifs is 1. The van der Waals surface area contributed by atoms with Crippen molar-refractivity contribution < 1.29 is 14.7 Å². The number of nitrogens with zero attached hydrogens (tertiary/aromatic N) is 1. The van der Waals surface area contributed by atoms with Gasteiger partial charge in [0.05, 0.1) is 11.1 Å². The molecule has 3 aromatic rings. The molecule has 0 bridgehead atoms. The van der Waals surface area contributed by atoms with Crippen molar-refractivity contribution in [3.8, 4) is 0 Å². The van der Waals surface area contributed by atoms with Gasteiger partial charge in [-0.05, 0) is 43.2 Å². The van der Waals surface area contributed by atoms with Gasteiger partial charge in [-0.3, -0.25) is 4.79 Å². The second kappa shape index (κ2) is 8.27. The number of aromatic carboxylic acids is 1. The maximum absolute atomic E-state index is 12.5. The van der Waals surface area contributed by atoms with Crippen molar-refractivity contribution in [3.63, 3.8) is 0 Å². The lowest BCUT2D eigenvalue weighted by Gasteiger charge is -2.15. The Balaban J connectivity index is 2.05. The number of carbonyl (C=O) groups excluding carboxylic acids is 1. The summed E-state index contributed by atoms with van der Waals surface area (Å²) in [6.45, 7) is 4.37. The Bertz CT molecular complexity index is 1070. The fourth-order valence-corrected chi connectivity index (χ4v) is 3.20. The molecule has 2 aromatic carbocycles. The summed E-state index contributed by atoms with van der Waals surface area (Å²) in [7, 11) is 0. The summed E-state index contributed by atoms with van der Waals surface area (Å²) < 4.78 is 0. The van der Waals surface area contributed by atoms with Gasteiger partial charge in [-0.1, -0.05) is 30.7 Å². The average Bonchev–Trinajstić information content (AvgIpc) is 2.68. The van der Waals surface area contributed by atoms with Crippen LogP contribution >= 0.6 is 11.6 Å². The number of halogens is 1. The van der Waals surface area contributed by atoms with Gasteiger partial charge in [0, 0.05) is 34.2 Å². The summed E-state index contributed by atoms with van der Waals surface area (Å²) in [4.78, 5) is 28.1. The highest BCUT2D eigenvalue weighted by Crippen LogP contribution is 2.33. The minimum Gasteiger partial charge on any atom is -0.478 e. The second-order valence-corrected chi connectivity index (χ2v) is 6.81. The summed E-state index contributed by atoms with van der Waals surface area (Å²) >= 11 is 6.40. The molecule has 0 aliphatic heterocycles. The SMILES string of the molecule is CCCNC(=O)c1cnc(Nc2ccc(C(=O)O)cc2C)c2cccc(Cl)c12. The normalized spacial score (nSPS) is 10.7. The van der Waals surface area contributed by atoms with E-state index in [1.54, 1.807) is 24.3 Å². The summed E-state index contributed by atoms with van der Waals surface area (Å²) in [6.07, 6.45) is 2.33. The van der Waals surface area contributed by atoms with Gasteiger partial charge in [0.25, 0.3) is 5.91 Å². The Morgan fingerprint density at radius 2 is 2.00 bits per heavy atom. The first-order chi connectivity index (χ1) is 13.4. The largest absolute Gasteiger partial charge is 0.478 e. The number of benzene rings is 2. The van der Waals surface area contributed by atoms with Crippen LogP contribution in [-0.4, -0.2) is 28.5 Å². The first-order valence-electron chi connectivity index (χ1n) is 8.88. The van der Waals surface area contributed by atoms with E-state index in [-0.39, 0.29) is 11.5 Å². The molecule has 0 fully saturated rings. The van der Waals surface area contributed by atoms with E-state index in [4.69, 9.17) is 16.7 Å². The van der Waals surface area contributed by atoms with Crippen LogP contribution in [0.1, 0.15) is 39.6 Å². The van der Waals surface area contributed by atoms with Gasteiger partial charge in [0.2, 0.25) is 0 Å². The molecule has 144 valence electrons. The Labute approximate surface area is 167 Å². The Kier molecular flexibility index (Phi) is 5.80. The van der Waals surface area contributed by atoms with Gasteiger partial charge in [-0.2, -0.15) is 0 Å². The average molecular weight is 398 g/mol. The number of anilines is 2. The van der Waals surface area contributed by atoms with E-state index in [9.17, 15) is 9.59 Å². The van der Waals surface area contributed by atoms with E-state index in [1.165, 1.54) is 12.3 Å². The predicted molar refractivity (Wildman–Crippen MR) is 111 cm³/mol. The minimum atomic E-state index is -0.979. The highest BCUT2D eigenvalue weighted by molar-refractivity contribution is 6.37. The summed E-state index contributed by atoms with van der Waals surface area (Å²) in [5.41, 5.74) is 2.12. The van der Waals surface area contributed by atoms with Crippen LogP contribution in [0.25, 0.3) is 10.8 Å². The number of amides is 1. The number of carboxylic acids is 1. The maximum atomic E-state index is 12.5. The number of aromatic nitrogens is 1. The molecular formula is C21H20ClN3O3. The Morgan fingerprint density at radius 1 is 1.21 bits per heavy atom. The second-order valence-electron chi connectivity index (χ2n) is 6.40. The molecule has 1 heterocycles. The van der Waals surface area contributed by atoms with Crippen LogP contribution < -0.4 is 10.6 Å². The standard InChI is InChI=1S/C21H20ClN3O3/c1-3-9-23-20(26)15-11-24-19(14-5-4-6-16(22)18(14)15)25-17-8-7-13(21(27)28)10-12(17)2/h4-8,10-11H,3,9H2,1-2H3,(H,23,26)(H,24,25)(H,27,28). The molecule has 28 heavy (non-hydrogen) atoms. The monoisotopic (exact) mass is 397 g/mol. The number of pyridine rings is 1. The van der Waals surface area contributed by atoms with E-state index >= 15 is 0 Å². The fraction of sp³-hybridized carbons (Fsp3) is 0.190. The van der Waals surface area contributed by atoms with Crippen molar-refractivity contribution in [1.29, 1.82) is 0 Å². The Morgan fingerprint density at radius 3 is 2.68 bits per heavy atom. The quantitative estimate of drug-likeness (QED) is 0.556. The third-order valence-electron chi connectivity index (χ3n) is 4.37. The number of aryl methyl sites for hydroxylation is 1. The topological polar surface area (TPSA) is 91.3 Å². The highest BCUT2D eigenvalue weighted by atomic mass is 35.5. The first kappa shape index (κ1) is 19.6. The third-order valence-corrected chi connectivity index (χ3v) is 4.68. The van der Waals surface area contributed by atoms with E-state index in [0.29, 0.717) is 33.7 Å². The molecular weight excluding hydrogens is 378 g/mol. The maximum Gasteiger partial charge on any atom is 0.335 e. The van der Waals surface area contributed by atoms with Crippen LogP contribution in [0, 0.1) is 6.92 Å². The number of carbonyl (C=O) groups is 2. The molecule has 0 spiro atoms. The molecule has 1 aromatic heterocycles. The van der Waals surface area contributed by atoms with Crippen LogP contribution in [0.3, 0.4) is 0 Å². The number of carboxylic acid groups (broad SMARTS) is 1. The molecule has 0 saturated heterocycles. The molecule has 3 N–H and O–H groups in total. The van der Waals surface area contributed by atoms with Crippen molar-refractivity contribution in [2.75, 3.05) is 11.9 Å². The number of rotatable bonds is 6. The van der Waals surface area contributed by atoms with Crippen LogP contribution in [0.5, 0.6) is 0 Å². The molecule has 0 saturated carbocycles. The van der Waals surface area contributed by atoms with Crippen molar-refractivity contribution in [1.82, 2.24) is 10.3 Å². The van der Waals surface area contributed by atoms with E-state index in [0.717, 1.165) is 17.7 Å². The zero-order chi connectivity index (χ0) is 20.3. The van der Waals surface area contributed by atoms with Crippen molar-refractivity contribution >= 4 is 45.8 Å². The zero-order valence-corrected chi connectivity index (χ0v) is 16.3. The van der Waals surface area contributed by atoms with Gasteiger partial charge in [-0.25, -0.2) is 9.78 Å². The number of hydrogen-bond donors (Lipinski definition) is 3. The lowest BCUT2D eigenvalue weighted by atomic mass is 10.1. The number of hydrogen-bond acceptors (Lipinski definition) is 4. The lowest BCUT2D eigenvalue weighted by molar-refractivity contribution is 0.0696. The van der Waals surface area contributed by atoms with Gasteiger partial charge >= 0.3 is 5.97 Å². The molecule has 0 atom stereocenters. The molecule has 0 aliphatic carbocycles. The van der Waals surface area contributed by atoms with Crippen LogP contribution in [0.4, 0.5) is 11.5 Å². The van der Waals surface area contributed by atoms with Gasteiger partial charge in [0.15, 0.2) is 0 Å². The summed E-state index contributed by atoms with van der Waals surface area (Å²) in [5, 5.41) is 17.0. The van der Waals surface area contributed by atoms with Gasteiger partial charge in [0.1, 0.15) is 5.82 Å². The molecule has 3 rings (SSSR count). The van der Waals surface area contributed by atoms with Crippen LogP contribution in [0.2, 0.25) is 5.02 Å². The smallest absolute Gasteiger partial charge is 0.335 e. The lowest BCUT2D eigenvalue weighted by Crippen LogP contribution is -2.24. The number of nitrogens with one attached hydrogen (secondary N) is 2. The van der Waals surface area contributed by atoms with Gasteiger partial charge < -0.3 is 15.7 Å². The third kappa shape index (κ3) is 3.92. The summed E-state index contributed by atoms with van der Waals surface area (Å²) in [5.74, 6) is -0.663. The molecule has 0 aliphatic rings. The predicted octanol–water partition coefficient (Wildman–Crippen LogP) is 4.78. The first-order valence-corrected chi connectivity index (χ1v) is 9.26. The van der Waals surface area contributed by atoms with Crippen LogP contribution in [-0.2, 0) is 0 Å². The molecule has 1 amide bonds. The minimum absolute atomic E-state index is 0.215.